The van der Waals surface area contributed by atoms with E-state index in [1.165, 1.54) is 34.6 Å². The molecule has 0 radical (unpaired) electrons. The van der Waals surface area contributed by atoms with Gasteiger partial charge < -0.3 is 15.0 Å². The fourth-order valence-corrected chi connectivity index (χ4v) is 3.70. The van der Waals surface area contributed by atoms with Gasteiger partial charge in [0.1, 0.15) is 5.69 Å². The fraction of sp³-hybridized carbons (Fsp3) is 0.733. The van der Waals surface area contributed by atoms with Crippen molar-refractivity contribution in [3.05, 3.63) is 27.0 Å². The van der Waals surface area contributed by atoms with E-state index in [9.17, 15) is 9.59 Å². The number of anilines is 1. The summed E-state index contributed by atoms with van der Waals surface area (Å²) in [6.07, 6.45) is 9.18. The van der Waals surface area contributed by atoms with Crippen molar-refractivity contribution in [3.63, 3.8) is 0 Å². The molecule has 6 heteroatoms. The zero-order valence-corrected chi connectivity index (χ0v) is 12.5. The Kier molecular flexibility index (Phi) is 3.65. The minimum Gasteiger partial charge on any atom is -0.393 e. The highest BCUT2D eigenvalue weighted by Crippen LogP contribution is 2.42. The molecule has 2 heterocycles. The van der Waals surface area contributed by atoms with Gasteiger partial charge in [0.15, 0.2) is 0 Å². The predicted octanol–water partition coefficient (Wildman–Crippen LogP) is 1.01. The molecule has 1 saturated carbocycles. The van der Waals surface area contributed by atoms with Crippen molar-refractivity contribution in [1.29, 1.82) is 0 Å². The summed E-state index contributed by atoms with van der Waals surface area (Å²) in [5, 5.41) is 0. The van der Waals surface area contributed by atoms with Crippen molar-refractivity contribution in [1.82, 2.24) is 9.13 Å². The van der Waals surface area contributed by atoms with Crippen LogP contribution in [0.1, 0.15) is 44.9 Å². The maximum Gasteiger partial charge on any atom is 0.330 e. The molecule has 1 spiro atoms. The molecule has 1 aliphatic heterocycles. The molecule has 3 rings (SSSR count). The van der Waals surface area contributed by atoms with E-state index in [1.807, 2.05) is 0 Å². The van der Waals surface area contributed by atoms with Gasteiger partial charge in [-0.15, -0.1) is 0 Å². The van der Waals surface area contributed by atoms with Crippen LogP contribution >= 0.6 is 0 Å². The van der Waals surface area contributed by atoms with Gasteiger partial charge >= 0.3 is 5.69 Å². The normalized spacial score (nSPS) is 24.5. The predicted molar refractivity (Wildman–Crippen MR) is 80.3 cm³/mol. The van der Waals surface area contributed by atoms with Gasteiger partial charge in [-0.1, -0.05) is 19.3 Å². The molecule has 2 fully saturated rings. The summed E-state index contributed by atoms with van der Waals surface area (Å²) in [7, 11) is 1.60. The number of aryl methyl sites for hydroxylation is 1. The topological polar surface area (TPSA) is 79.2 Å². The van der Waals surface area contributed by atoms with Crippen LogP contribution in [-0.2, 0) is 18.3 Å². The number of rotatable bonds is 2. The summed E-state index contributed by atoms with van der Waals surface area (Å²) in [5.41, 5.74) is 5.02. The Bertz CT molecular complexity index is 606. The molecular weight excluding hydrogens is 270 g/mol. The van der Waals surface area contributed by atoms with Gasteiger partial charge in [-0.3, -0.25) is 9.36 Å². The average molecular weight is 293 g/mol. The Hall–Kier alpha value is -1.56. The fourth-order valence-electron chi connectivity index (χ4n) is 3.70. The number of ether oxygens (including phenoxy) is 1. The van der Waals surface area contributed by atoms with E-state index in [-0.39, 0.29) is 23.1 Å². The summed E-state index contributed by atoms with van der Waals surface area (Å²) in [4.78, 5) is 24.2. The highest BCUT2D eigenvalue weighted by molar-refractivity contribution is 5.30. The monoisotopic (exact) mass is 293 g/mol. The van der Waals surface area contributed by atoms with Crippen LogP contribution in [0.25, 0.3) is 0 Å². The van der Waals surface area contributed by atoms with Crippen LogP contribution in [0.5, 0.6) is 0 Å². The Morgan fingerprint density at radius 1 is 1.29 bits per heavy atom. The van der Waals surface area contributed by atoms with Crippen LogP contribution < -0.4 is 17.0 Å². The van der Waals surface area contributed by atoms with E-state index in [2.05, 4.69) is 0 Å². The van der Waals surface area contributed by atoms with Gasteiger partial charge in [0, 0.05) is 13.2 Å². The lowest BCUT2D eigenvalue weighted by molar-refractivity contribution is -0.0685. The second-order valence-electron chi connectivity index (χ2n) is 6.42. The third-order valence-corrected chi connectivity index (χ3v) is 4.85. The zero-order valence-electron chi connectivity index (χ0n) is 12.5. The molecule has 0 aromatic carbocycles. The second-order valence-corrected chi connectivity index (χ2v) is 6.42. The Balaban J connectivity index is 1.80. The first-order valence-corrected chi connectivity index (χ1v) is 7.75. The van der Waals surface area contributed by atoms with Gasteiger partial charge in [-0.05, 0) is 25.7 Å². The summed E-state index contributed by atoms with van der Waals surface area (Å²) >= 11 is 0. The molecule has 0 bridgehead atoms. The molecule has 2 aliphatic rings. The lowest BCUT2D eigenvalue weighted by atomic mass is 9.83. The van der Waals surface area contributed by atoms with E-state index in [0.717, 1.165) is 25.7 Å². The van der Waals surface area contributed by atoms with Gasteiger partial charge in [0.05, 0.1) is 18.2 Å². The van der Waals surface area contributed by atoms with Crippen molar-refractivity contribution in [2.45, 2.75) is 63.2 Å². The van der Waals surface area contributed by atoms with Crippen molar-refractivity contribution >= 4 is 5.69 Å². The first kappa shape index (κ1) is 14.4. The van der Waals surface area contributed by atoms with Crippen LogP contribution in [0.2, 0.25) is 0 Å². The molecule has 1 aliphatic carbocycles. The number of nitrogens with zero attached hydrogens (tertiary/aromatic N) is 2. The third kappa shape index (κ3) is 2.64. The highest BCUT2D eigenvalue weighted by atomic mass is 16.5. The van der Waals surface area contributed by atoms with E-state index in [1.54, 1.807) is 7.05 Å². The van der Waals surface area contributed by atoms with Crippen molar-refractivity contribution in [2.75, 3.05) is 5.73 Å². The molecule has 1 aromatic rings. The summed E-state index contributed by atoms with van der Waals surface area (Å²) in [6, 6.07) is 0. The molecule has 1 unspecified atom stereocenters. The zero-order chi connectivity index (χ0) is 15.0. The lowest BCUT2D eigenvalue weighted by Gasteiger charge is -2.33. The molecule has 21 heavy (non-hydrogen) atoms. The van der Waals surface area contributed by atoms with Crippen molar-refractivity contribution < 1.29 is 4.74 Å². The number of hydrogen-bond donors (Lipinski definition) is 1. The number of aromatic nitrogens is 2. The molecule has 6 nitrogen and oxygen atoms in total. The van der Waals surface area contributed by atoms with Crippen LogP contribution in [0.4, 0.5) is 5.69 Å². The number of nitrogen functional groups attached to an aromatic ring is 1. The van der Waals surface area contributed by atoms with Gasteiger partial charge in [0.2, 0.25) is 0 Å². The molecule has 1 saturated heterocycles. The SMILES string of the molecule is Cn1cc(N)c(=O)n(CC2CCC3(CCCCC3)O2)c1=O. The molecule has 116 valence electrons. The second kappa shape index (κ2) is 5.33. The van der Waals surface area contributed by atoms with Crippen LogP contribution in [-0.4, -0.2) is 20.8 Å². The first-order valence-electron chi connectivity index (χ1n) is 7.75. The van der Waals surface area contributed by atoms with Gasteiger partial charge in [0.25, 0.3) is 5.56 Å². The average Bonchev–Trinajstić information content (AvgIpc) is 2.85. The molecule has 1 aromatic heterocycles. The maximum absolute atomic E-state index is 12.1. The quantitative estimate of drug-likeness (QED) is 0.882. The third-order valence-electron chi connectivity index (χ3n) is 4.85. The van der Waals surface area contributed by atoms with Gasteiger partial charge in [-0.2, -0.15) is 0 Å². The first-order chi connectivity index (χ1) is 10.0. The summed E-state index contributed by atoms with van der Waals surface area (Å²) in [6.45, 7) is 0.304. The Morgan fingerprint density at radius 3 is 2.71 bits per heavy atom. The van der Waals surface area contributed by atoms with Crippen LogP contribution in [0, 0.1) is 0 Å². The minimum atomic E-state index is -0.411. The summed E-state index contributed by atoms with van der Waals surface area (Å²) in [5.74, 6) is 0. The molecule has 1 atom stereocenters. The van der Waals surface area contributed by atoms with Crippen LogP contribution in [0.3, 0.4) is 0 Å². The Morgan fingerprint density at radius 2 is 2.00 bits per heavy atom. The number of hydrogen-bond acceptors (Lipinski definition) is 4. The van der Waals surface area contributed by atoms with E-state index >= 15 is 0 Å². The van der Waals surface area contributed by atoms with Crippen LogP contribution in [0.15, 0.2) is 15.8 Å². The number of nitrogens with two attached hydrogens (primary N) is 1. The smallest absolute Gasteiger partial charge is 0.330 e. The minimum absolute atomic E-state index is 0.00190. The largest absolute Gasteiger partial charge is 0.393 e. The van der Waals surface area contributed by atoms with E-state index < -0.39 is 5.56 Å². The molecular formula is C15H23N3O3. The Labute approximate surface area is 123 Å². The van der Waals surface area contributed by atoms with E-state index in [4.69, 9.17) is 10.5 Å². The van der Waals surface area contributed by atoms with Gasteiger partial charge in [-0.25, -0.2) is 4.79 Å². The molecule has 0 amide bonds. The standard InChI is InChI=1S/C15H23N3O3/c1-17-10-12(16)13(19)18(14(17)20)9-11-5-8-15(21-11)6-3-2-4-7-15/h10-11H,2-9,16H2,1H3. The van der Waals surface area contributed by atoms with Crippen molar-refractivity contribution in [3.8, 4) is 0 Å². The maximum atomic E-state index is 12.1. The van der Waals surface area contributed by atoms with E-state index in [0.29, 0.717) is 6.54 Å². The lowest BCUT2D eigenvalue weighted by Crippen LogP contribution is -2.42. The van der Waals surface area contributed by atoms with Crippen molar-refractivity contribution in [2.24, 2.45) is 7.05 Å². The highest BCUT2D eigenvalue weighted by Gasteiger charge is 2.41. The molecule has 2 N–H and O–H groups in total. The summed E-state index contributed by atoms with van der Waals surface area (Å²) < 4.78 is 8.79.